The molecule has 1 aliphatic rings. The maximum absolute atomic E-state index is 12.3. The van der Waals surface area contributed by atoms with Crippen molar-refractivity contribution in [1.29, 1.82) is 0 Å². The van der Waals surface area contributed by atoms with Gasteiger partial charge in [-0.1, -0.05) is 36.4 Å². The highest BCUT2D eigenvalue weighted by Gasteiger charge is 2.34. The molecule has 43 heavy (non-hydrogen) atoms. The Morgan fingerprint density at radius 2 is 1.51 bits per heavy atom. The van der Waals surface area contributed by atoms with Crippen molar-refractivity contribution in [3.63, 3.8) is 0 Å². The first-order chi connectivity index (χ1) is 20.3. The number of aliphatic imine (C=N–C) groups is 1. The lowest BCUT2D eigenvalue weighted by atomic mass is 9.98. The number of carbonyl (C=O) groups is 5. The van der Waals surface area contributed by atoms with Gasteiger partial charge < -0.3 is 34.7 Å². The lowest BCUT2D eigenvalue weighted by molar-refractivity contribution is -0.174. The number of hydrogen-bond donors (Lipinski definition) is 2. The molecule has 3 N–H and O–H groups in total. The molecular weight excluding hydrogens is 562 g/mol. The van der Waals surface area contributed by atoms with Crippen molar-refractivity contribution in [2.24, 2.45) is 22.1 Å². The lowest BCUT2D eigenvalue weighted by Gasteiger charge is -2.16. The Morgan fingerprint density at radius 3 is 2.12 bits per heavy atom. The number of nitrogens with zero attached hydrogens (tertiary/aromatic N) is 1. The quantitative estimate of drug-likeness (QED) is 0.168. The largest absolute Gasteiger partial charge is 0.491 e. The molecule has 1 aliphatic heterocycles. The van der Waals surface area contributed by atoms with E-state index in [1.54, 1.807) is 45.0 Å². The van der Waals surface area contributed by atoms with Gasteiger partial charge in [0.05, 0.1) is 23.8 Å². The fourth-order valence-corrected chi connectivity index (χ4v) is 3.87. The summed E-state index contributed by atoms with van der Waals surface area (Å²) in [5, 5.41) is 2.83. The maximum atomic E-state index is 12.3. The minimum Gasteiger partial charge on any atom is -0.491 e. The predicted octanol–water partition coefficient (Wildman–Crippen LogP) is 3.08. The molecule has 0 radical (unpaired) electrons. The molecule has 0 aromatic heterocycles. The summed E-state index contributed by atoms with van der Waals surface area (Å²) in [7, 11) is 0. The van der Waals surface area contributed by atoms with Gasteiger partial charge in [0.1, 0.15) is 18.2 Å². The molecule has 0 aliphatic carbocycles. The number of benzene rings is 2. The van der Waals surface area contributed by atoms with Crippen molar-refractivity contribution >= 4 is 35.7 Å². The zero-order valence-corrected chi connectivity index (χ0v) is 24.4. The monoisotopic (exact) mass is 597 g/mol. The Labute approximate surface area is 248 Å². The summed E-state index contributed by atoms with van der Waals surface area (Å²) in [6, 6.07) is 14.1. The van der Waals surface area contributed by atoms with Crippen LogP contribution in [0, 0.1) is 11.3 Å². The van der Waals surface area contributed by atoms with Gasteiger partial charge in [0.25, 0.3) is 0 Å². The van der Waals surface area contributed by atoms with Crippen molar-refractivity contribution < 1.29 is 47.7 Å². The number of ether oxygens (including phenoxy) is 5. The molecule has 230 valence electrons. The topological polar surface area (TPSA) is 182 Å². The van der Waals surface area contributed by atoms with Crippen LogP contribution in [0.25, 0.3) is 11.1 Å². The third-order valence-corrected chi connectivity index (χ3v) is 6.20. The lowest BCUT2D eigenvalue weighted by Crippen LogP contribution is -2.31. The summed E-state index contributed by atoms with van der Waals surface area (Å²) in [4.78, 5) is 62.2. The van der Waals surface area contributed by atoms with Crippen LogP contribution in [0.5, 0.6) is 5.75 Å². The Balaban J connectivity index is 1.44. The second kappa shape index (κ2) is 14.8. The number of amidine groups is 1. The Hall–Kier alpha value is -4.94. The predicted molar refractivity (Wildman–Crippen MR) is 152 cm³/mol. The van der Waals surface area contributed by atoms with Gasteiger partial charge in [0.2, 0.25) is 19.5 Å². The van der Waals surface area contributed by atoms with Crippen LogP contribution in [-0.2, 0) is 38.1 Å². The van der Waals surface area contributed by atoms with Gasteiger partial charge in [-0.3, -0.25) is 19.2 Å². The Kier molecular flexibility index (Phi) is 11.2. The summed E-state index contributed by atoms with van der Waals surface area (Å²) >= 11 is 0. The minimum atomic E-state index is -0.982. The highest BCUT2D eigenvalue weighted by atomic mass is 16.7. The second-order valence-electron chi connectivity index (χ2n) is 10.7. The molecule has 2 amide bonds. The SMILES string of the molecule is CC(=O)OCOC(=O)N=C(N)c1ccc(-c2ccc(OC[C@@H]3C[C@@H](CC(=O)OCOC(=O)C(C)(C)C)C(=O)N3)cc2)cc1. The standard InChI is InChI=1S/C30H35N3O10/c1-18(34)40-16-43-29(38)33-26(31)21-7-5-19(6-8-21)20-9-11-24(12-10-20)39-15-23-13-22(27(36)32-23)14-25(35)41-17-42-28(37)30(2,3)4/h5-12,22-23H,13-17H2,1-4H3,(H,32,36)(H2,31,33,38)/t22-,23-/m0/s1. The smallest absolute Gasteiger partial charge is 0.438 e. The van der Waals surface area contributed by atoms with Gasteiger partial charge >= 0.3 is 24.0 Å². The third-order valence-electron chi connectivity index (χ3n) is 6.20. The van der Waals surface area contributed by atoms with Crippen molar-refractivity contribution in [3.8, 4) is 16.9 Å². The number of rotatable bonds is 11. The summed E-state index contributed by atoms with van der Waals surface area (Å²) in [6.45, 7) is 5.43. The van der Waals surface area contributed by atoms with Crippen LogP contribution in [0.4, 0.5) is 4.79 Å². The van der Waals surface area contributed by atoms with E-state index in [4.69, 9.17) is 19.9 Å². The van der Waals surface area contributed by atoms with E-state index in [1.165, 1.54) is 6.92 Å². The molecule has 1 saturated heterocycles. The first-order valence-electron chi connectivity index (χ1n) is 13.4. The molecule has 1 heterocycles. The van der Waals surface area contributed by atoms with Crippen LogP contribution in [0.15, 0.2) is 53.5 Å². The van der Waals surface area contributed by atoms with Crippen molar-refractivity contribution in [1.82, 2.24) is 5.32 Å². The van der Waals surface area contributed by atoms with E-state index in [9.17, 15) is 24.0 Å². The Morgan fingerprint density at radius 1 is 0.907 bits per heavy atom. The fourth-order valence-electron chi connectivity index (χ4n) is 3.87. The summed E-state index contributed by atoms with van der Waals surface area (Å²) < 4.78 is 24.9. The fraction of sp³-hybridized carbons (Fsp3) is 0.400. The van der Waals surface area contributed by atoms with E-state index >= 15 is 0 Å². The van der Waals surface area contributed by atoms with Crippen LogP contribution in [-0.4, -0.2) is 62.0 Å². The van der Waals surface area contributed by atoms with Gasteiger partial charge in [-0.25, -0.2) is 4.79 Å². The molecule has 0 bridgehead atoms. The normalized spacial score (nSPS) is 16.6. The summed E-state index contributed by atoms with van der Waals surface area (Å²) in [5.74, 6) is -1.98. The van der Waals surface area contributed by atoms with Gasteiger partial charge in [-0.05, 0) is 50.5 Å². The van der Waals surface area contributed by atoms with E-state index in [1.807, 2.05) is 24.3 Å². The second-order valence-corrected chi connectivity index (χ2v) is 10.7. The number of nitrogens with two attached hydrogens (primary N) is 1. The molecule has 13 nitrogen and oxygen atoms in total. The van der Waals surface area contributed by atoms with Crippen LogP contribution < -0.4 is 15.8 Å². The molecule has 0 saturated carbocycles. The van der Waals surface area contributed by atoms with Gasteiger partial charge in [0, 0.05) is 12.5 Å². The van der Waals surface area contributed by atoms with E-state index in [-0.39, 0.29) is 30.8 Å². The number of hydrogen-bond acceptors (Lipinski definition) is 10. The molecule has 0 spiro atoms. The van der Waals surface area contributed by atoms with Crippen LogP contribution in [0.2, 0.25) is 0 Å². The summed E-state index contributed by atoms with van der Waals surface area (Å²) in [6.07, 6.45) is -0.707. The highest BCUT2D eigenvalue weighted by molar-refractivity contribution is 6.03. The minimum absolute atomic E-state index is 0.0529. The van der Waals surface area contributed by atoms with Crippen molar-refractivity contribution in [2.45, 2.75) is 46.6 Å². The van der Waals surface area contributed by atoms with Crippen molar-refractivity contribution in [2.75, 3.05) is 20.2 Å². The molecule has 2 aromatic rings. The van der Waals surface area contributed by atoms with Gasteiger partial charge in [-0.2, -0.15) is 4.99 Å². The highest BCUT2D eigenvalue weighted by Crippen LogP contribution is 2.25. The zero-order chi connectivity index (χ0) is 31.6. The molecule has 1 fully saturated rings. The number of amides is 2. The van der Waals surface area contributed by atoms with E-state index in [2.05, 4.69) is 19.8 Å². The number of esters is 3. The molecule has 3 rings (SSSR count). The maximum Gasteiger partial charge on any atom is 0.438 e. The Bertz CT molecular complexity index is 1350. The van der Waals surface area contributed by atoms with Gasteiger partial charge in [0.15, 0.2) is 0 Å². The van der Waals surface area contributed by atoms with E-state index < -0.39 is 48.9 Å². The molecule has 13 heteroatoms. The third kappa shape index (κ3) is 10.4. The number of nitrogens with one attached hydrogen (secondary N) is 1. The first kappa shape index (κ1) is 32.6. The molecule has 0 unspecified atom stereocenters. The van der Waals surface area contributed by atoms with E-state index in [0.29, 0.717) is 17.7 Å². The average Bonchev–Trinajstić information content (AvgIpc) is 3.29. The van der Waals surface area contributed by atoms with Gasteiger partial charge in [-0.15, -0.1) is 0 Å². The van der Waals surface area contributed by atoms with Crippen LogP contribution in [0.3, 0.4) is 0 Å². The molecule has 2 atom stereocenters. The van der Waals surface area contributed by atoms with Crippen LogP contribution >= 0.6 is 0 Å². The summed E-state index contributed by atoms with van der Waals surface area (Å²) in [5.41, 5.74) is 7.44. The molecular formula is C30H35N3O10. The van der Waals surface area contributed by atoms with Crippen LogP contribution in [0.1, 0.15) is 46.1 Å². The molecule has 2 aromatic carbocycles. The van der Waals surface area contributed by atoms with Crippen molar-refractivity contribution in [3.05, 3.63) is 54.1 Å². The first-order valence-corrected chi connectivity index (χ1v) is 13.4. The average molecular weight is 598 g/mol. The number of carbonyl (C=O) groups excluding carboxylic acids is 5. The zero-order valence-electron chi connectivity index (χ0n) is 24.4. The van der Waals surface area contributed by atoms with E-state index in [0.717, 1.165) is 11.1 Å².